The standard InChI is InChI=1S/C45H32/c1-45(2)40-24-11-10-21-37(40)44-38(23-13-25-41(44)45)43-35-20-9-8-19-34(35)42(33-22-12-17-30-16-6-7-18-32(30)33)36-27-26-31(28-39(36)43)29-14-4-3-5-15-29/h3-28H,1-2H3. The summed E-state index contributed by atoms with van der Waals surface area (Å²) in [6.07, 6.45) is 0. The van der Waals surface area contributed by atoms with Crippen LogP contribution in [0.2, 0.25) is 0 Å². The predicted octanol–water partition coefficient (Wildman–Crippen LogP) is 12.5. The molecule has 8 aromatic rings. The summed E-state index contributed by atoms with van der Waals surface area (Å²) in [6.45, 7) is 4.74. The van der Waals surface area contributed by atoms with Gasteiger partial charge in [0.05, 0.1) is 0 Å². The van der Waals surface area contributed by atoms with Crippen molar-refractivity contribution in [2.45, 2.75) is 19.3 Å². The van der Waals surface area contributed by atoms with Gasteiger partial charge in [-0.2, -0.15) is 0 Å². The van der Waals surface area contributed by atoms with E-state index in [2.05, 4.69) is 172 Å². The number of rotatable bonds is 3. The number of fused-ring (bicyclic) bond motifs is 6. The molecule has 0 unspecified atom stereocenters. The van der Waals surface area contributed by atoms with Gasteiger partial charge in [-0.1, -0.05) is 166 Å². The summed E-state index contributed by atoms with van der Waals surface area (Å²) in [6, 6.07) is 58.4. The fourth-order valence-electron chi connectivity index (χ4n) is 7.98. The maximum Gasteiger partial charge on any atom is 0.0159 e. The minimum atomic E-state index is -0.0639. The highest BCUT2D eigenvalue weighted by Crippen LogP contribution is 2.54. The number of benzene rings is 8. The quantitative estimate of drug-likeness (QED) is 0.185. The Morgan fingerprint density at radius 3 is 1.71 bits per heavy atom. The molecule has 0 saturated heterocycles. The van der Waals surface area contributed by atoms with E-state index in [4.69, 9.17) is 0 Å². The van der Waals surface area contributed by atoms with Gasteiger partial charge in [0.15, 0.2) is 0 Å². The van der Waals surface area contributed by atoms with Gasteiger partial charge in [-0.15, -0.1) is 0 Å². The normalized spacial score (nSPS) is 13.3. The van der Waals surface area contributed by atoms with E-state index in [1.54, 1.807) is 0 Å². The third-order valence-electron chi connectivity index (χ3n) is 10.1. The average molecular weight is 573 g/mol. The molecule has 0 radical (unpaired) electrons. The molecular weight excluding hydrogens is 540 g/mol. The Balaban J connectivity index is 1.48. The molecule has 0 heteroatoms. The molecule has 1 aliphatic rings. The Labute approximate surface area is 264 Å². The van der Waals surface area contributed by atoms with Gasteiger partial charge in [-0.3, -0.25) is 0 Å². The summed E-state index contributed by atoms with van der Waals surface area (Å²) in [4.78, 5) is 0. The molecule has 0 aliphatic heterocycles. The first-order valence-corrected chi connectivity index (χ1v) is 15.9. The molecule has 0 amide bonds. The monoisotopic (exact) mass is 572 g/mol. The topological polar surface area (TPSA) is 0 Å². The van der Waals surface area contributed by atoms with Crippen molar-refractivity contribution in [2.24, 2.45) is 0 Å². The maximum absolute atomic E-state index is 2.44. The molecule has 212 valence electrons. The van der Waals surface area contributed by atoms with Crippen LogP contribution in [-0.4, -0.2) is 0 Å². The van der Waals surface area contributed by atoms with Crippen LogP contribution in [0.1, 0.15) is 25.0 Å². The third kappa shape index (κ3) is 3.79. The Hall–Kier alpha value is -5.46. The van der Waals surface area contributed by atoms with Gasteiger partial charge in [0.2, 0.25) is 0 Å². The SMILES string of the molecule is CC1(C)c2ccccc2-c2c(-c3c4ccccc4c(-c4cccc5ccccc45)c4ccc(-c5ccccc5)cc34)cccc21. The zero-order chi connectivity index (χ0) is 30.1. The molecule has 0 N–H and O–H groups in total. The summed E-state index contributed by atoms with van der Waals surface area (Å²) in [5, 5.41) is 7.68. The number of hydrogen-bond donors (Lipinski definition) is 0. The molecular formula is C45H32. The van der Waals surface area contributed by atoms with Crippen LogP contribution in [0.4, 0.5) is 0 Å². The minimum absolute atomic E-state index is 0.0639. The Morgan fingerprint density at radius 1 is 0.333 bits per heavy atom. The van der Waals surface area contributed by atoms with Gasteiger partial charge in [-0.05, 0) is 94.0 Å². The van der Waals surface area contributed by atoms with Crippen molar-refractivity contribution in [3.05, 3.63) is 169 Å². The summed E-state index contributed by atoms with van der Waals surface area (Å²) in [5.74, 6) is 0. The highest BCUT2D eigenvalue weighted by atomic mass is 14.4. The van der Waals surface area contributed by atoms with Crippen LogP contribution in [0.5, 0.6) is 0 Å². The molecule has 8 aromatic carbocycles. The predicted molar refractivity (Wildman–Crippen MR) is 193 cm³/mol. The van der Waals surface area contributed by atoms with Crippen LogP contribution in [0, 0.1) is 0 Å². The maximum atomic E-state index is 2.44. The van der Waals surface area contributed by atoms with Crippen molar-refractivity contribution in [1.82, 2.24) is 0 Å². The van der Waals surface area contributed by atoms with Crippen molar-refractivity contribution in [3.8, 4) is 44.5 Å². The van der Waals surface area contributed by atoms with Crippen molar-refractivity contribution in [2.75, 3.05) is 0 Å². The first kappa shape index (κ1) is 26.0. The highest BCUT2D eigenvalue weighted by Gasteiger charge is 2.37. The fraction of sp³-hybridized carbons (Fsp3) is 0.0667. The molecule has 0 saturated carbocycles. The Morgan fingerprint density at radius 2 is 0.889 bits per heavy atom. The zero-order valence-corrected chi connectivity index (χ0v) is 25.5. The first-order valence-electron chi connectivity index (χ1n) is 15.9. The lowest BCUT2D eigenvalue weighted by Gasteiger charge is -2.23. The van der Waals surface area contributed by atoms with Crippen molar-refractivity contribution >= 4 is 32.3 Å². The highest BCUT2D eigenvalue weighted by molar-refractivity contribution is 6.25. The summed E-state index contributed by atoms with van der Waals surface area (Å²) in [5.41, 5.74) is 13.1. The lowest BCUT2D eigenvalue weighted by atomic mass is 9.80. The molecule has 1 aliphatic carbocycles. The van der Waals surface area contributed by atoms with Crippen LogP contribution in [0.25, 0.3) is 76.8 Å². The molecule has 0 aromatic heterocycles. The lowest BCUT2D eigenvalue weighted by molar-refractivity contribution is 0.660. The molecule has 0 spiro atoms. The van der Waals surface area contributed by atoms with Gasteiger partial charge in [-0.25, -0.2) is 0 Å². The van der Waals surface area contributed by atoms with E-state index in [0.717, 1.165) is 0 Å². The van der Waals surface area contributed by atoms with Crippen LogP contribution >= 0.6 is 0 Å². The minimum Gasteiger partial charge on any atom is -0.0622 e. The van der Waals surface area contributed by atoms with Crippen molar-refractivity contribution < 1.29 is 0 Å². The second kappa shape index (κ2) is 9.78. The van der Waals surface area contributed by atoms with Crippen LogP contribution < -0.4 is 0 Å². The second-order valence-electron chi connectivity index (χ2n) is 12.8. The summed E-state index contributed by atoms with van der Waals surface area (Å²) >= 11 is 0. The Bertz CT molecular complexity index is 2440. The van der Waals surface area contributed by atoms with E-state index in [9.17, 15) is 0 Å². The van der Waals surface area contributed by atoms with E-state index in [1.807, 2.05) is 0 Å². The largest absolute Gasteiger partial charge is 0.0622 e. The molecule has 0 heterocycles. The summed E-state index contributed by atoms with van der Waals surface area (Å²) < 4.78 is 0. The first-order chi connectivity index (χ1) is 22.1. The van der Waals surface area contributed by atoms with Gasteiger partial charge < -0.3 is 0 Å². The third-order valence-corrected chi connectivity index (χ3v) is 10.1. The van der Waals surface area contributed by atoms with Crippen molar-refractivity contribution in [1.29, 1.82) is 0 Å². The fourth-order valence-corrected chi connectivity index (χ4v) is 7.98. The van der Waals surface area contributed by atoms with E-state index in [-0.39, 0.29) is 5.41 Å². The van der Waals surface area contributed by atoms with Crippen LogP contribution in [-0.2, 0) is 5.41 Å². The molecule has 0 bridgehead atoms. The van der Waals surface area contributed by atoms with Gasteiger partial charge in [0, 0.05) is 5.41 Å². The van der Waals surface area contributed by atoms with Crippen LogP contribution in [0.3, 0.4) is 0 Å². The number of hydrogen-bond acceptors (Lipinski definition) is 0. The van der Waals surface area contributed by atoms with Crippen LogP contribution in [0.15, 0.2) is 158 Å². The molecule has 45 heavy (non-hydrogen) atoms. The lowest BCUT2D eigenvalue weighted by Crippen LogP contribution is -2.14. The molecule has 0 fully saturated rings. The Kier molecular flexibility index (Phi) is 5.64. The molecule has 0 nitrogen and oxygen atoms in total. The molecule has 9 rings (SSSR count). The van der Waals surface area contributed by atoms with E-state index >= 15 is 0 Å². The molecule has 0 atom stereocenters. The zero-order valence-electron chi connectivity index (χ0n) is 25.5. The summed E-state index contributed by atoms with van der Waals surface area (Å²) in [7, 11) is 0. The van der Waals surface area contributed by atoms with Gasteiger partial charge in [0.25, 0.3) is 0 Å². The van der Waals surface area contributed by atoms with E-state index < -0.39 is 0 Å². The van der Waals surface area contributed by atoms with E-state index in [1.165, 1.54) is 88.0 Å². The smallest absolute Gasteiger partial charge is 0.0159 e. The van der Waals surface area contributed by atoms with Gasteiger partial charge in [0.1, 0.15) is 0 Å². The van der Waals surface area contributed by atoms with Crippen molar-refractivity contribution in [3.63, 3.8) is 0 Å². The van der Waals surface area contributed by atoms with E-state index in [0.29, 0.717) is 0 Å². The van der Waals surface area contributed by atoms with Gasteiger partial charge >= 0.3 is 0 Å². The average Bonchev–Trinajstić information content (AvgIpc) is 3.33. The second-order valence-corrected chi connectivity index (χ2v) is 12.8.